The van der Waals surface area contributed by atoms with Crippen molar-refractivity contribution in [2.24, 2.45) is 5.92 Å². The standard InChI is InChI=1S/C11H23NO3S/c1-3-15-8-10(2)12-6-7-16(13,14)9-11-4-5-11/h10-12H,3-9H2,1-2H3. The molecule has 0 radical (unpaired) electrons. The first-order valence-electron chi connectivity index (χ1n) is 6.05. The summed E-state index contributed by atoms with van der Waals surface area (Å²) in [7, 11) is -2.84. The Morgan fingerprint density at radius 1 is 1.44 bits per heavy atom. The predicted octanol–water partition coefficient (Wildman–Crippen LogP) is 0.826. The molecule has 1 atom stereocenters. The molecule has 0 aromatic rings. The van der Waals surface area contributed by atoms with Crippen molar-refractivity contribution < 1.29 is 13.2 Å². The monoisotopic (exact) mass is 249 g/mol. The fourth-order valence-corrected chi connectivity index (χ4v) is 3.19. The molecule has 1 unspecified atom stereocenters. The summed E-state index contributed by atoms with van der Waals surface area (Å²) in [6.07, 6.45) is 2.18. The zero-order valence-corrected chi connectivity index (χ0v) is 11.1. The Bertz CT molecular complexity index is 286. The summed E-state index contributed by atoms with van der Waals surface area (Å²) >= 11 is 0. The van der Waals surface area contributed by atoms with Crippen molar-refractivity contribution in [3.63, 3.8) is 0 Å². The van der Waals surface area contributed by atoms with E-state index in [0.29, 0.717) is 31.4 Å². The molecule has 0 bridgehead atoms. The van der Waals surface area contributed by atoms with Crippen LogP contribution in [0.5, 0.6) is 0 Å². The van der Waals surface area contributed by atoms with Gasteiger partial charge in [0.15, 0.2) is 9.84 Å². The van der Waals surface area contributed by atoms with Gasteiger partial charge in [0.1, 0.15) is 0 Å². The molecule has 0 amide bonds. The van der Waals surface area contributed by atoms with E-state index in [4.69, 9.17) is 4.74 Å². The molecule has 1 N–H and O–H groups in total. The minimum Gasteiger partial charge on any atom is -0.380 e. The number of hydrogen-bond donors (Lipinski definition) is 1. The molecule has 1 aliphatic carbocycles. The molecular weight excluding hydrogens is 226 g/mol. The molecule has 5 heteroatoms. The highest BCUT2D eigenvalue weighted by atomic mass is 32.2. The van der Waals surface area contributed by atoms with E-state index in [0.717, 1.165) is 12.8 Å². The molecule has 1 aliphatic rings. The molecule has 0 saturated heterocycles. The Morgan fingerprint density at radius 3 is 2.69 bits per heavy atom. The van der Waals surface area contributed by atoms with Gasteiger partial charge in [-0.1, -0.05) is 0 Å². The van der Waals surface area contributed by atoms with Gasteiger partial charge < -0.3 is 10.1 Å². The number of ether oxygens (including phenoxy) is 1. The maximum atomic E-state index is 11.6. The van der Waals surface area contributed by atoms with Crippen LogP contribution < -0.4 is 5.32 Å². The fourth-order valence-electron chi connectivity index (χ4n) is 1.54. The quantitative estimate of drug-likeness (QED) is 0.657. The SMILES string of the molecule is CCOCC(C)NCCS(=O)(=O)CC1CC1. The second kappa shape index (κ2) is 6.57. The van der Waals surface area contributed by atoms with Crippen LogP contribution in [0.2, 0.25) is 0 Å². The number of nitrogens with one attached hydrogen (secondary N) is 1. The van der Waals surface area contributed by atoms with Gasteiger partial charge in [0.2, 0.25) is 0 Å². The van der Waals surface area contributed by atoms with Crippen LogP contribution in [0.1, 0.15) is 26.7 Å². The average molecular weight is 249 g/mol. The van der Waals surface area contributed by atoms with Crippen LogP contribution in [0.4, 0.5) is 0 Å². The number of hydrogen-bond acceptors (Lipinski definition) is 4. The van der Waals surface area contributed by atoms with Crippen molar-refractivity contribution in [2.75, 3.05) is 31.3 Å². The third-order valence-corrected chi connectivity index (χ3v) is 4.47. The van der Waals surface area contributed by atoms with Gasteiger partial charge in [0.05, 0.1) is 18.1 Å². The number of rotatable bonds is 9. The molecular formula is C11H23NO3S. The minimum absolute atomic E-state index is 0.219. The van der Waals surface area contributed by atoms with E-state index in [-0.39, 0.29) is 11.8 Å². The van der Waals surface area contributed by atoms with Crippen molar-refractivity contribution in [1.82, 2.24) is 5.32 Å². The molecule has 16 heavy (non-hydrogen) atoms. The van der Waals surface area contributed by atoms with E-state index in [1.807, 2.05) is 13.8 Å². The molecule has 1 fully saturated rings. The third-order valence-electron chi connectivity index (χ3n) is 2.66. The third kappa shape index (κ3) is 6.45. The van der Waals surface area contributed by atoms with E-state index < -0.39 is 9.84 Å². The first-order valence-corrected chi connectivity index (χ1v) is 7.87. The van der Waals surface area contributed by atoms with Crippen molar-refractivity contribution in [2.45, 2.75) is 32.7 Å². The highest BCUT2D eigenvalue weighted by Crippen LogP contribution is 2.30. The molecule has 0 aliphatic heterocycles. The summed E-state index contributed by atoms with van der Waals surface area (Å²) < 4.78 is 28.5. The molecule has 96 valence electrons. The lowest BCUT2D eigenvalue weighted by molar-refractivity contribution is 0.128. The van der Waals surface area contributed by atoms with E-state index in [9.17, 15) is 8.42 Å². The molecule has 0 spiro atoms. The van der Waals surface area contributed by atoms with E-state index in [1.54, 1.807) is 0 Å². The van der Waals surface area contributed by atoms with Crippen molar-refractivity contribution in [3.8, 4) is 0 Å². The Morgan fingerprint density at radius 2 is 2.12 bits per heavy atom. The largest absolute Gasteiger partial charge is 0.380 e. The van der Waals surface area contributed by atoms with Crippen LogP contribution >= 0.6 is 0 Å². The average Bonchev–Trinajstić information content (AvgIpc) is 2.97. The van der Waals surface area contributed by atoms with Crippen molar-refractivity contribution >= 4 is 9.84 Å². The van der Waals surface area contributed by atoms with Crippen molar-refractivity contribution in [3.05, 3.63) is 0 Å². The smallest absolute Gasteiger partial charge is 0.151 e. The first kappa shape index (κ1) is 13.9. The maximum absolute atomic E-state index is 11.6. The first-order chi connectivity index (χ1) is 7.53. The second-order valence-corrected chi connectivity index (χ2v) is 6.80. The van der Waals surface area contributed by atoms with Gasteiger partial charge in [-0.25, -0.2) is 8.42 Å². The van der Waals surface area contributed by atoms with Gasteiger partial charge in [0, 0.05) is 19.2 Å². The summed E-state index contributed by atoms with van der Waals surface area (Å²) in [6, 6.07) is 0.219. The lowest BCUT2D eigenvalue weighted by Gasteiger charge is -2.13. The molecule has 0 aromatic carbocycles. The minimum atomic E-state index is -2.84. The Balaban J connectivity index is 2.08. The Labute approximate surface area is 98.7 Å². The van der Waals surface area contributed by atoms with Crippen LogP contribution in [0.3, 0.4) is 0 Å². The lowest BCUT2D eigenvalue weighted by atomic mass is 10.3. The van der Waals surface area contributed by atoms with Gasteiger partial charge in [-0.3, -0.25) is 0 Å². The van der Waals surface area contributed by atoms with Gasteiger partial charge in [0.25, 0.3) is 0 Å². The van der Waals surface area contributed by atoms with Crippen LogP contribution in [0.15, 0.2) is 0 Å². The molecule has 1 rings (SSSR count). The Kier molecular flexibility index (Phi) is 5.72. The zero-order chi connectivity index (χ0) is 12.0. The molecule has 0 heterocycles. The van der Waals surface area contributed by atoms with E-state index in [1.165, 1.54) is 0 Å². The van der Waals surface area contributed by atoms with Crippen LogP contribution in [-0.4, -0.2) is 45.7 Å². The molecule has 0 aromatic heterocycles. The van der Waals surface area contributed by atoms with Gasteiger partial charge in [-0.15, -0.1) is 0 Å². The molecule has 1 saturated carbocycles. The highest BCUT2D eigenvalue weighted by molar-refractivity contribution is 7.91. The summed E-state index contributed by atoms with van der Waals surface area (Å²) in [6.45, 7) is 5.82. The second-order valence-electron chi connectivity index (χ2n) is 4.57. The number of sulfone groups is 1. The highest BCUT2D eigenvalue weighted by Gasteiger charge is 2.27. The van der Waals surface area contributed by atoms with Gasteiger partial charge in [-0.2, -0.15) is 0 Å². The van der Waals surface area contributed by atoms with Crippen LogP contribution in [0, 0.1) is 5.92 Å². The van der Waals surface area contributed by atoms with Gasteiger partial charge in [-0.05, 0) is 32.6 Å². The predicted molar refractivity (Wildman–Crippen MR) is 65.3 cm³/mol. The Hall–Kier alpha value is -0.130. The zero-order valence-electron chi connectivity index (χ0n) is 10.2. The summed E-state index contributed by atoms with van der Waals surface area (Å²) in [5.41, 5.74) is 0. The summed E-state index contributed by atoms with van der Waals surface area (Å²) in [5, 5.41) is 3.16. The lowest BCUT2D eigenvalue weighted by Crippen LogP contribution is -2.34. The summed E-state index contributed by atoms with van der Waals surface area (Å²) in [4.78, 5) is 0. The normalized spacial score (nSPS) is 18.6. The topological polar surface area (TPSA) is 55.4 Å². The van der Waals surface area contributed by atoms with Crippen LogP contribution in [0.25, 0.3) is 0 Å². The van der Waals surface area contributed by atoms with Crippen molar-refractivity contribution in [1.29, 1.82) is 0 Å². The fraction of sp³-hybridized carbons (Fsp3) is 1.00. The van der Waals surface area contributed by atoms with E-state index >= 15 is 0 Å². The molecule has 4 nitrogen and oxygen atoms in total. The van der Waals surface area contributed by atoms with Crippen LogP contribution in [-0.2, 0) is 14.6 Å². The maximum Gasteiger partial charge on any atom is 0.151 e. The summed E-state index contributed by atoms with van der Waals surface area (Å²) in [5.74, 6) is 1.08. The van der Waals surface area contributed by atoms with E-state index in [2.05, 4.69) is 5.32 Å². The van der Waals surface area contributed by atoms with Gasteiger partial charge >= 0.3 is 0 Å².